The maximum Gasteiger partial charge on any atom is 0.255 e. The Bertz CT molecular complexity index is 736. The molecule has 1 fully saturated rings. The first kappa shape index (κ1) is 16.6. The Kier molecular flexibility index (Phi) is 5.25. The number of pyridine rings is 1. The molecular formula is C18H18BrN3O2. The molecule has 0 saturated carbocycles. The van der Waals surface area contributed by atoms with E-state index >= 15 is 0 Å². The number of benzene rings is 1. The van der Waals surface area contributed by atoms with Crippen LogP contribution in [-0.2, 0) is 0 Å². The van der Waals surface area contributed by atoms with Crippen LogP contribution in [0.2, 0.25) is 0 Å². The van der Waals surface area contributed by atoms with Gasteiger partial charge in [0.15, 0.2) is 0 Å². The van der Waals surface area contributed by atoms with E-state index < -0.39 is 0 Å². The first-order valence-electron chi connectivity index (χ1n) is 7.90. The predicted octanol–water partition coefficient (Wildman–Crippen LogP) is 2.83. The largest absolute Gasteiger partial charge is 0.337 e. The van der Waals surface area contributed by atoms with Crippen molar-refractivity contribution in [2.45, 2.75) is 6.42 Å². The molecule has 2 amide bonds. The number of aromatic nitrogens is 1. The van der Waals surface area contributed by atoms with Gasteiger partial charge in [-0.05, 0) is 46.6 Å². The van der Waals surface area contributed by atoms with Gasteiger partial charge in [-0.15, -0.1) is 0 Å². The van der Waals surface area contributed by atoms with Gasteiger partial charge in [0.2, 0.25) is 0 Å². The van der Waals surface area contributed by atoms with Crippen molar-refractivity contribution < 1.29 is 9.59 Å². The Morgan fingerprint density at radius 3 is 2.29 bits per heavy atom. The van der Waals surface area contributed by atoms with Crippen molar-refractivity contribution in [2.24, 2.45) is 0 Å². The molecule has 1 aromatic heterocycles. The van der Waals surface area contributed by atoms with Gasteiger partial charge in [-0.25, -0.2) is 0 Å². The quantitative estimate of drug-likeness (QED) is 0.795. The second-order valence-corrected chi connectivity index (χ2v) is 6.51. The zero-order valence-electron chi connectivity index (χ0n) is 13.2. The Morgan fingerprint density at radius 1 is 0.917 bits per heavy atom. The first-order chi connectivity index (χ1) is 11.7. The highest BCUT2D eigenvalue weighted by molar-refractivity contribution is 9.10. The lowest BCUT2D eigenvalue weighted by Crippen LogP contribution is -2.37. The summed E-state index contributed by atoms with van der Waals surface area (Å²) >= 11 is 3.43. The molecule has 0 N–H and O–H groups in total. The van der Waals surface area contributed by atoms with Crippen LogP contribution < -0.4 is 0 Å². The fourth-order valence-corrected chi connectivity index (χ4v) is 3.25. The van der Waals surface area contributed by atoms with Gasteiger partial charge >= 0.3 is 0 Å². The van der Waals surface area contributed by atoms with Crippen LogP contribution in [0.25, 0.3) is 0 Å². The zero-order chi connectivity index (χ0) is 16.9. The van der Waals surface area contributed by atoms with Gasteiger partial charge in [-0.3, -0.25) is 14.6 Å². The van der Waals surface area contributed by atoms with Crippen molar-refractivity contribution >= 4 is 27.7 Å². The first-order valence-corrected chi connectivity index (χ1v) is 8.69. The molecule has 1 aromatic carbocycles. The topological polar surface area (TPSA) is 53.5 Å². The van der Waals surface area contributed by atoms with Gasteiger partial charge in [0.1, 0.15) is 0 Å². The van der Waals surface area contributed by atoms with Gasteiger partial charge in [0.05, 0.1) is 11.1 Å². The molecule has 124 valence electrons. The zero-order valence-corrected chi connectivity index (χ0v) is 14.8. The third-order valence-corrected chi connectivity index (χ3v) is 4.77. The van der Waals surface area contributed by atoms with Gasteiger partial charge in [0, 0.05) is 43.0 Å². The molecule has 1 saturated heterocycles. The summed E-state index contributed by atoms with van der Waals surface area (Å²) in [4.78, 5) is 32.8. The average molecular weight is 388 g/mol. The highest BCUT2D eigenvalue weighted by Gasteiger charge is 2.24. The molecular weight excluding hydrogens is 370 g/mol. The number of carbonyl (C=O) groups is 2. The average Bonchev–Trinajstić information content (AvgIpc) is 2.88. The predicted molar refractivity (Wildman–Crippen MR) is 94.8 cm³/mol. The minimum Gasteiger partial charge on any atom is -0.337 e. The smallest absolute Gasteiger partial charge is 0.255 e. The summed E-state index contributed by atoms with van der Waals surface area (Å²) in [7, 11) is 0. The molecule has 0 atom stereocenters. The summed E-state index contributed by atoms with van der Waals surface area (Å²) in [5.74, 6) is -0.0311. The van der Waals surface area contributed by atoms with Gasteiger partial charge in [0.25, 0.3) is 11.8 Å². The van der Waals surface area contributed by atoms with Crippen molar-refractivity contribution in [3.05, 3.63) is 64.4 Å². The number of nitrogens with zero attached hydrogens (tertiary/aromatic N) is 3. The van der Waals surface area contributed by atoms with Crippen LogP contribution in [0.4, 0.5) is 0 Å². The number of hydrogen-bond acceptors (Lipinski definition) is 3. The molecule has 0 spiro atoms. The molecule has 0 unspecified atom stereocenters. The van der Waals surface area contributed by atoms with E-state index in [4.69, 9.17) is 0 Å². The Morgan fingerprint density at radius 2 is 1.62 bits per heavy atom. The SMILES string of the molecule is O=C(c1cccnc1)N1CCCN(C(=O)c2ccccc2Br)CC1. The fraction of sp³-hybridized carbons (Fsp3) is 0.278. The standard InChI is InChI=1S/C18H18BrN3O2/c19-16-7-2-1-6-15(16)18(24)22-10-4-9-21(11-12-22)17(23)14-5-3-8-20-13-14/h1-3,5-8,13H,4,9-12H2. The van der Waals surface area contributed by atoms with Crippen molar-refractivity contribution in [2.75, 3.05) is 26.2 Å². The third-order valence-electron chi connectivity index (χ3n) is 4.08. The highest BCUT2D eigenvalue weighted by Crippen LogP contribution is 2.19. The molecule has 6 heteroatoms. The van der Waals surface area contributed by atoms with E-state index in [-0.39, 0.29) is 11.8 Å². The molecule has 24 heavy (non-hydrogen) atoms. The number of carbonyl (C=O) groups excluding carboxylic acids is 2. The van der Waals surface area contributed by atoms with E-state index in [1.165, 1.54) is 0 Å². The number of rotatable bonds is 2. The van der Waals surface area contributed by atoms with E-state index in [2.05, 4.69) is 20.9 Å². The lowest BCUT2D eigenvalue weighted by Gasteiger charge is -2.22. The summed E-state index contributed by atoms with van der Waals surface area (Å²) in [5, 5.41) is 0. The number of halogens is 1. The van der Waals surface area contributed by atoms with Crippen LogP contribution in [0.15, 0.2) is 53.3 Å². The maximum absolute atomic E-state index is 12.7. The summed E-state index contributed by atoms with van der Waals surface area (Å²) < 4.78 is 0.794. The Labute approximate surface area is 149 Å². The summed E-state index contributed by atoms with van der Waals surface area (Å²) in [6.07, 6.45) is 4.00. The van der Waals surface area contributed by atoms with Gasteiger partial charge < -0.3 is 9.80 Å². The molecule has 5 nitrogen and oxygen atoms in total. The van der Waals surface area contributed by atoms with Crippen LogP contribution in [0.3, 0.4) is 0 Å². The van der Waals surface area contributed by atoms with E-state index in [0.29, 0.717) is 37.3 Å². The molecule has 3 rings (SSSR count). The van der Waals surface area contributed by atoms with E-state index in [1.807, 2.05) is 29.2 Å². The normalized spacial score (nSPS) is 15.0. The van der Waals surface area contributed by atoms with E-state index in [1.54, 1.807) is 29.4 Å². The molecule has 1 aliphatic heterocycles. The molecule has 0 aliphatic carbocycles. The minimum absolute atomic E-state index is 0.00171. The molecule has 2 aromatic rings. The lowest BCUT2D eigenvalue weighted by molar-refractivity contribution is 0.0718. The van der Waals surface area contributed by atoms with Gasteiger partial charge in [-0.1, -0.05) is 12.1 Å². The monoisotopic (exact) mass is 387 g/mol. The Balaban J connectivity index is 1.68. The van der Waals surface area contributed by atoms with Crippen LogP contribution in [-0.4, -0.2) is 52.8 Å². The lowest BCUT2D eigenvalue weighted by atomic mass is 10.2. The molecule has 0 radical (unpaired) electrons. The second kappa shape index (κ2) is 7.57. The number of hydrogen-bond donors (Lipinski definition) is 0. The summed E-state index contributed by atoms with van der Waals surface area (Å²) in [6, 6.07) is 10.9. The van der Waals surface area contributed by atoms with Crippen molar-refractivity contribution in [3.8, 4) is 0 Å². The van der Waals surface area contributed by atoms with Crippen LogP contribution in [0.1, 0.15) is 27.1 Å². The fourth-order valence-electron chi connectivity index (χ4n) is 2.80. The van der Waals surface area contributed by atoms with Crippen molar-refractivity contribution in [3.63, 3.8) is 0 Å². The van der Waals surface area contributed by atoms with E-state index in [9.17, 15) is 9.59 Å². The highest BCUT2D eigenvalue weighted by atomic mass is 79.9. The van der Waals surface area contributed by atoms with E-state index in [0.717, 1.165) is 10.9 Å². The third kappa shape index (κ3) is 3.64. The maximum atomic E-state index is 12.7. The van der Waals surface area contributed by atoms with Crippen LogP contribution in [0.5, 0.6) is 0 Å². The molecule has 0 bridgehead atoms. The van der Waals surface area contributed by atoms with Crippen molar-refractivity contribution in [1.29, 1.82) is 0 Å². The van der Waals surface area contributed by atoms with Crippen LogP contribution in [0, 0.1) is 0 Å². The Hall–Kier alpha value is -2.21. The molecule has 2 heterocycles. The van der Waals surface area contributed by atoms with Gasteiger partial charge in [-0.2, -0.15) is 0 Å². The number of amides is 2. The molecule has 1 aliphatic rings. The minimum atomic E-state index is -0.0294. The second-order valence-electron chi connectivity index (χ2n) is 5.66. The summed E-state index contributed by atoms with van der Waals surface area (Å²) in [6.45, 7) is 2.36. The van der Waals surface area contributed by atoms with Crippen LogP contribution >= 0.6 is 15.9 Å². The van der Waals surface area contributed by atoms with Crippen molar-refractivity contribution in [1.82, 2.24) is 14.8 Å². The summed E-state index contributed by atoms with van der Waals surface area (Å²) in [5.41, 5.74) is 1.24.